The Morgan fingerprint density at radius 1 is 1.00 bits per heavy atom. The molecule has 3 aromatic rings. The van der Waals surface area contributed by atoms with Gasteiger partial charge in [0.1, 0.15) is 0 Å². The molecule has 12 heteroatoms. The quantitative estimate of drug-likeness (QED) is 0.483. The van der Waals surface area contributed by atoms with Gasteiger partial charge in [-0.3, -0.25) is 0 Å². The van der Waals surface area contributed by atoms with Crippen LogP contribution in [0.15, 0.2) is 42.2 Å². The van der Waals surface area contributed by atoms with Gasteiger partial charge in [-0.15, -0.1) is 9.36 Å². The van der Waals surface area contributed by atoms with Crippen LogP contribution in [0, 0.1) is 0 Å². The van der Waals surface area contributed by atoms with Gasteiger partial charge in [0.15, 0.2) is 6.33 Å². The average Bonchev–Trinajstić information content (AvgIpc) is 3.09. The minimum absolute atomic E-state index is 1.15. The van der Waals surface area contributed by atoms with Gasteiger partial charge in [-0.05, 0) is 15.9 Å². The van der Waals surface area contributed by atoms with Gasteiger partial charge in [0.2, 0.25) is 12.8 Å². The van der Waals surface area contributed by atoms with Crippen LogP contribution in [0.3, 0.4) is 0 Å². The lowest BCUT2D eigenvalue weighted by molar-refractivity contribution is -0.0340. The van der Waals surface area contributed by atoms with Crippen molar-refractivity contribution in [2.45, 2.75) is 0 Å². The number of aromatic amines is 2. The number of nitrogens with one attached hydrogen (secondary N) is 2. The van der Waals surface area contributed by atoms with Crippen molar-refractivity contribution in [3.63, 3.8) is 0 Å². The van der Waals surface area contributed by atoms with E-state index in [0.717, 1.165) is 6.39 Å². The third-order valence-corrected chi connectivity index (χ3v) is 0.705. The molecular weight excluding hydrogens is 214 g/mol. The van der Waals surface area contributed by atoms with Gasteiger partial charge in [0.05, 0.1) is 5.27 Å². The summed E-state index contributed by atoms with van der Waals surface area (Å²) in [6.45, 7) is 0. The summed E-state index contributed by atoms with van der Waals surface area (Å²) in [5.41, 5.74) is 0. The van der Waals surface area contributed by atoms with Crippen LogP contribution in [0.2, 0.25) is 0 Å². The Morgan fingerprint density at radius 3 is 2.07 bits per heavy atom. The molecule has 0 radical (unpaired) electrons. The highest BCUT2D eigenvalue weighted by molar-refractivity contribution is 4.35. The summed E-state index contributed by atoms with van der Waals surface area (Å²) in [5.74, 6) is 0. The van der Waals surface area contributed by atoms with Gasteiger partial charge in [-0.25, -0.2) is 9.61 Å². The molecule has 12 nitrogen and oxygen atoms in total. The van der Waals surface area contributed by atoms with Crippen LogP contribution in [0.25, 0.3) is 0 Å². The van der Waals surface area contributed by atoms with Crippen LogP contribution in [0.5, 0.6) is 0 Å². The maximum absolute atomic E-state index is 4.22. The van der Waals surface area contributed by atoms with E-state index in [1.807, 2.05) is 10.7 Å². The van der Waals surface area contributed by atoms with Crippen molar-refractivity contribution >= 4 is 0 Å². The van der Waals surface area contributed by atoms with Crippen LogP contribution in [-0.4, -0.2) is 36.4 Å². The van der Waals surface area contributed by atoms with E-state index in [2.05, 4.69) is 48.8 Å². The largest absolute Gasteiger partial charge is 0.343 e. The van der Waals surface area contributed by atoms with E-state index in [-0.39, 0.29) is 0 Å². The molecule has 82 valence electrons. The van der Waals surface area contributed by atoms with E-state index in [9.17, 15) is 0 Å². The maximum Gasteiger partial charge on any atom is 0.235 e. The van der Waals surface area contributed by atoms with E-state index >= 15 is 0 Å². The highest BCUT2D eigenvalue weighted by Gasteiger charge is 1.62. The summed E-state index contributed by atoms with van der Waals surface area (Å²) >= 11 is 0. The van der Waals surface area contributed by atoms with Crippen molar-refractivity contribution in [3.8, 4) is 0 Å². The predicted octanol–water partition coefficient (Wildman–Crippen LogP) is -0.220. The van der Waals surface area contributed by atoms with Crippen molar-refractivity contribution < 1.29 is 23.0 Å². The van der Waals surface area contributed by atoms with E-state index in [1.165, 1.54) is 12.7 Å². The molecule has 0 atom stereocenters. The van der Waals surface area contributed by atoms with Crippen molar-refractivity contribution in [3.05, 3.63) is 19.1 Å². The minimum atomic E-state index is 1.15. The number of aromatic nitrogens is 7. The summed E-state index contributed by atoms with van der Waals surface area (Å²) in [5, 5.41) is 16.2. The Bertz CT molecular complexity index is 255. The van der Waals surface area contributed by atoms with E-state index in [4.69, 9.17) is 0 Å². The predicted molar refractivity (Wildman–Crippen MR) is 36.0 cm³/mol. The number of hydrogen-bond donors (Lipinski definition) is 2. The van der Waals surface area contributed by atoms with Gasteiger partial charge < -0.3 is 9.05 Å². The molecule has 0 saturated heterocycles. The molecule has 3 aromatic heterocycles. The zero-order chi connectivity index (χ0) is 10.6. The topological polar surface area (TPSA) is 162 Å². The molecule has 3 heterocycles. The number of H-pyrrole nitrogens is 2. The zero-order valence-electron chi connectivity index (χ0n) is 7.01. The molecule has 0 unspecified atom stereocenters. The lowest BCUT2D eigenvalue weighted by atomic mass is 11.3. The highest BCUT2D eigenvalue weighted by atomic mass is 17.2. The van der Waals surface area contributed by atoms with Crippen LogP contribution < -0.4 is 0 Å². The number of rotatable bonds is 0. The van der Waals surface area contributed by atoms with Gasteiger partial charge in [0.25, 0.3) is 0 Å². The smallest absolute Gasteiger partial charge is 0.235 e. The molecule has 15 heavy (non-hydrogen) atoms. The average molecular weight is 219 g/mol. The van der Waals surface area contributed by atoms with Crippen LogP contribution in [-0.2, 0) is 0 Å². The maximum atomic E-state index is 4.22. The Kier molecular flexibility index (Phi) is 5.38. The fraction of sp³-hybridized carbons (Fsp3) is 0. The van der Waals surface area contributed by atoms with E-state index in [0.29, 0.717) is 0 Å². The molecule has 0 saturated carbocycles. The summed E-state index contributed by atoms with van der Waals surface area (Å²) < 4.78 is 20.1. The van der Waals surface area contributed by atoms with Crippen molar-refractivity contribution in [2.75, 3.05) is 0 Å². The van der Waals surface area contributed by atoms with Crippen molar-refractivity contribution in [1.82, 2.24) is 36.4 Å². The van der Waals surface area contributed by atoms with E-state index in [1.54, 1.807) is 0 Å². The molecule has 0 aromatic carbocycles. The molecule has 3 rings (SSSR count). The summed E-state index contributed by atoms with van der Waals surface area (Å²) in [6.07, 6.45) is 3.75. The van der Waals surface area contributed by atoms with Crippen LogP contribution in [0.4, 0.5) is 0 Å². The Balaban J connectivity index is 0.000000112. The van der Waals surface area contributed by atoms with Crippen LogP contribution >= 0.6 is 0 Å². The normalized spacial score (nSPS) is 8.00. The molecule has 2 N–H and O–H groups in total. The molecular formula is C3H5N7O5. The monoisotopic (exact) mass is 219 g/mol. The van der Waals surface area contributed by atoms with Gasteiger partial charge >= 0.3 is 0 Å². The molecule has 0 aliphatic carbocycles. The first-order valence-corrected chi connectivity index (χ1v) is 3.25. The summed E-state index contributed by atoms with van der Waals surface area (Å²) in [7, 11) is 0. The lowest BCUT2D eigenvalue weighted by Crippen LogP contribution is -1.61. The fourth-order valence-corrected chi connectivity index (χ4v) is 0.327. The summed E-state index contributed by atoms with van der Waals surface area (Å²) in [4.78, 5) is 3.44. The standard InChI is InChI=1S/C2H2N2O.CHN3O.H2N2O3/c1-3-2-5-4-1;1-2-3-4-5-1;1-3-2-5-4-1/h1-2H;1H;1-2H. The molecule has 0 bridgehead atoms. The van der Waals surface area contributed by atoms with Crippen molar-refractivity contribution in [1.29, 1.82) is 0 Å². The zero-order valence-corrected chi connectivity index (χ0v) is 7.01. The van der Waals surface area contributed by atoms with Gasteiger partial charge in [0, 0.05) is 0 Å². The first-order chi connectivity index (χ1) is 7.50. The second-order valence-corrected chi connectivity index (χ2v) is 1.51. The van der Waals surface area contributed by atoms with E-state index < -0.39 is 0 Å². The first-order valence-electron chi connectivity index (χ1n) is 3.25. The Labute approximate surface area is 79.7 Å². The van der Waals surface area contributed by atoms with Crippen LogP contribution in [0.1, 0.15) is 0 Å². The Morgan fingerprint density at radius 2 is 1.87 bits per heavy atom. The molecule has 0 aliphatic rings. The van der Waals surface area contributed by atoms with Gasteiger partial charge in [-0.2, -0.15) is 0 Å². The summed E-state index contributed by atoms with van der Waals surface area (Å²) in [6, 6.07) is 0. The third-order valence-electron chi connectivity index (χ3n) is 0.705. The number of hydrogen-bond acceptors (Lipinski definition) is 10. The lowest BCUT2D eigenvalue weighted by Gasteiger charge is -1.45. The minimum Gasteiger partial charge on any atom is -0.343 e. The third kappa shape index (κ3) is 6.38. The molecule has 0 amide bonds. The van der Waals surface area contributed by atoms with Gasteiger partial charge in [-0.1, -0.05) is 10.3 Å². The molecule has 0 aliphatic heterocycles. The SMILES string of the molecule is [nH]1o[nH]oo1.c1ncon1.c1nnno1. The van der Waals surface area contributed by atoms with Crippen molar-refractivity contribution in [2.24, 2.45) is 0 Å². The second kappa shape index (κ2) is 7.84. The molecule has 0 fully saturated rings. The fourth-order valence-electron chi connectivity index (χ4n) is 0.327. The Hall–Kier alpha value is -2.79. The molecule has 0 spiro atoms. The second-order valence-electron chi connectivity index (χ2n) is 1.51. The number of nitrogens with zero attached hydrogens (tertiary/aromatic N) is 5. The first kappa shape index (κ1) is 10.3. The highest BCUT2D eigenvalue weighted by Crippen LogP contribution is 1.63.